The second-order valence-corrected chi connectivity index (χ2v) is 6.21. The maximum absolute atomic E-state index is 11.9. The Hall–Kier alpha value is -1.92. The first-order valence-corrected chi connectivity index (χ1v) is 8.67. The van der Waals surface area contributed by atoms with Crippen LogP contribution in [0.2, 0.25) is 0 Å². The molecule has 1 fully saturated rings. The maximum atomic E-state index is 11.9. The number of benzene rings is 1. The van der Waals surface area contributed by atoms with Crippen LogP contribution in [0.25, 0.3) is 0 Å². The summed E-state index contributed by atoms with van der Waals surface area (Å²) in [6.45, 7) is 4.42. The zero-order valence-corrected chi connectivity index (χ0v) is 13.9. The fourth-order valence-electron chi connectivity index (χ4n) is 2.64. The van der Waals surface area contributed by atoms with E-state index < -0.39 is 0 Å². The molecule has 0 bridgehead atoms. The van der Waals surface area contributed by atoms with Crippen LogP contribution in [0.3, 0.4) is 0 Å². The van der Waals surface area contributed by atoms with E-state index in [4.69, 9.17) is 9.47 Å². The largest absolute Gasteiger partial charge is 0.461 e. The number of anilines is 1. The van der Waals surface area contributed by atoms with Crippen molar-refractivity contribution in [3.8, 4) is 0 Å². The van der Waals surface area contributed by atoms with Gasteiger partial charge in [0.1, 0.15) is 5.00 Å². The molecular weight excluding hydrogens is 312 g/mol. The molecule has 1 aromatic carbocycles. The van der Waals surface area contributed by atoms with Crippen molar-refractivity contribution in [2.24, 2.45) is 0 Å². The highest BCUT2D eigenvalue weighted by Gasteiger charge is 2.28. The van der Waals surface area contributed by atoms with E-state index in [0.29, 0.717) is 18.9 Å². The Kier molecular flexibility index (Phi) is 5.25. The van der Waals surface area contributed by atoms with Gasteiger partial charge < -0.3 is 14.4 Å². The van der Waals surface area contributed by atoms with Gasteiger partial charge in [-0.15, -0.1) is 11.3 Å². The van der Waals surface area contributed by atoms with Crippen molar-refractivity contribution in [3.05, 3.63) is 47.1 Å². The van der Waals surface area contributed by atoms with Crippen molar-refractivity contribution >= 4 is 22.3 Å². The smallest absolute Gasteiger partial charge is 0.360 e. The zero-order chi connectivity index (χ0) is 16.1. The highest BCUT2D eigenvalue weighted by molar-refractivity contribution is 7.14. The lowest BCUT2D eigenvalue weighted by atomic mass is 10.2. The number of esters is 1. The highest BCUT2D eigenvalue weighted by atomic mass is 32.1. The van der Waals surface area contributed by atoms with Crippen molar-refractivity contribution in [1.29, 1.82) is 0 Å². The van der Waals surface area contributed by atoms with Gasteiger partial charge >= 0.3 is 5.97 Å². The molecule has 0 spiro atoms. The number of nitrogens with zero attached hydrogens (tertiary/aromatic N) is 2. The summed E-state index contributed by atoms with van der Waals surface area (Å²) in [5.74, 6) is -0.350. The Balaban J connectivity index is 1.58. The Morgan fingerprint density at radius 3 is 3.00 bits per heavy atom. The van der Waals surface area contributed by atoms with Crippen LogP contribution in [-0.2, 0) is 16.1 Å². The van der Waals surface area contributed by atoms with E-state index in [2.05, 4.69) is 22.0 Å². The van der Waals surface area contributed by atoms with Gasteiger partial charge in [-0.05, 0) is 18.9 Å². The molecule has 0 saturated carbocycles. The van der Waals surface area contributed by atoms with E-state index in [-0.39, 0.29) is 12.1 Å². The Bertz CT molecular complexity index is 644. The first-order chi connectivity index (χ1) is 11.3. The fourth-order valence-corrected chi connectivity index (χ4v) is 3.46. The van der Waals surface area contributed by atoms with Crippen LogP contribution in [0, 0.1) is 0 Å². The van der Waals surface area contributed by atoms with Gasteiger partial charge in [-0.3, -0.25) is 0 Å². The molecule has 1 aromatic heterocycles. The third-order valence-electron chi connectivity index (χ3n) is 3.78. The lowest BCUT2D eigenvalue weighted by molar-refractivity contribution is 0.0518. The minimum Gasteiger partial charge on any atom is -0.461 e. The molecule has 0 radical (unpaired) electrons. The first kappa shape index (κ1) is 16.0. The standard InChI is InChI=1S/C17H20N2O3S/c1-2-21-17(20)15-16(23-12-18-15)19-9-8-14(10-19)22-11-13-6-4-3-5-7-13/h3-7,12,14H,2,8-11H2,1H3/t14-/m1/s1. The Morgan fingerprint density at radius 2 is 2.22 bits per heavy atom. The van der Waals surface area contributed by atoms with Crippen molar-refractivity contribution in [1.82, 2.24) is 4.98 Å². The van der Waals surface area contributed by atoms with Gasteiger partial charge in [-0.2, -0.15) is 0 Å². The van der Waals surface area contributed by atoms with Gasteiger partial charge in [-0.25, -0.2) is 9.78 Å². The number of carbonyl (C=O) groups excluding carboxylic acids is 1. The molecule has 0 amide bonds. The SMILES string of the molecule is CCOC(=O)c1ncsc1N1CC[C@@H](OCc2ccccc2)C1. The highest BCUT2D eigenvalue weighted by Crippen LogP contribution is 2.30. The fraction of sp³-hybridized carbons (Fsp3) is 0.412. The molecule has 5 nitrogen and oxygen atoms in total. The number of thiazole rings is 1. The molecule has 1 saturated heterocycles. The van der Waals surface area contributed by atoms with Crippen molar-refractivity contribution in [2.75, 3.05) is 24.6 Å². The molecule has 122 valence electrons. The number of hydrogen-bond acceptors (Lipinski definition) is 6. The van der Waals surface area contributed by atoms with Gasteiger partial charge in [0, 0.05) is 13.1 Å². The molecule has 3 rings (SSSR count). The predicted molar refractivity (Wildman–Crippen MR) is 89.9 cm³/mol. The van der Waals surface area contributed by atoms with Crippen LogP contribution in [0.1, 0.15) is 29.4 Å². The van der Waals surface area contributed by atoms with Crippen LogP contribution in [-0.4, -0.2) is 36.8 Å². The van der Waals surface area contributed by atoms with Gasteiger partial charge in [0.15, 0.2) is 5.69 Å². The number of rotatable bonds is 6. The first-order valence-electron chi connectivity index (χ1n) is 7.79. The minimum absolute atomic E-state index is 0.173. The summed E-state index contributed by atoms with van der Waals surface area (Å²) >= 11 is 1.48. The van der Waals surface area contributed by atoms with Crippen LogP contribution in [0.15, 0.2) is 35.8 Å². The maximum Gasteiger partial charge on any atom is 0.360 e. The summed E-state index contributed by atoms with van der Waals surface area (Å²) in [6, 6.07) is 10.2. The molecule has 0 unspecified atom stereocenters. The second-order valence-electron chi connectivity index (χ2n) is 5.38. The van der Waals surface area contributed by atoms with E-state index in [1.165, 1.54) is 16.9 Å². The lowest BCUT2D eigenvalue weighted by Gasteiger charge is -2.17. The van der Waals surface area contributed by atoms with E-state index in [9.17, 15) is 4.79 Å². The molecule has 1 atom stereocenters. The molecular formula is C17H20N2O3S. The summed E-state index contributed by atoms with van der Waals surface area (Å²) in [5.41, 5.74) is 3.29. The third kappa shape index (κ3) is 3.89. The second kappa shape index (κ2) is 7.57. The monoisotopic (exact) mass is 332 g/mol. The van der Waals surface area contributed by atoms with Gasteiger partial charge in [0.25, 0.3) is 0 Å². The van der Waals surface area contributed by atoms with E-state index in [1.54, 1.807) is 12.4 Å². The lowest BCUT2D eigenvalue weighted by Crippen LogP contribution is -2.24. The van der Waals surface area contributed by atoms with E-state index in [1.807, 2.05) is 18.2 Å². The average molecular weight is 332 g/mol. The summed E-state index contributed by atoms with van der Waals surface area (Å²) in [5, 5.41) is 0.884. The van der Waals surface area contributed by atoms with Gasteiger partial charge in [0.05, 0.1) is 24.8 Å². The number of aromatic nitrogens is 1. The zero-order valence-electron chi connectivity index (χ0n) is 13.1. The molecule has 1 aliphatic rings. The van der Waals surface area contributed by atoms with Crippen molar-refractivity contribution in [2.45, 2.75) is 26.1 Å². The third-order valence-corrected chi connectivity index (χ3v) is 4.66. The van der Waals surface area contributed by atoms with Gasteiger partial charge in [0.2, 0.25) is 0 Å². The van der Waals surface area contributed by atoms with Crippen LogP contribution in [0.4, 0.5) is 5.00 Å². The number of carbonyl (C=O) groups is 1. The quantitative estimate of drug-likeness (QED) is 0.761. The Morgan fingerprint density at radius 1 is 1.39 bits per heavy atom. The normalized spacial score (nSPS) is 17.4. The molecule has 23 heavy (non-hydrogen) atoms. The predicted octanol–water partition coefficient (Wildman–Crippen LogP) is 3.12. The summed E-state index contributed by atoms with van der Waals surface area (Å²) in [7, 11) is 0. The van der Waals surface area contributed by atoms with Crippen LogP contribution >= 0.6 is 11.3 Å². The summed E-state index contributed by atoms with van der Waals surface area (Å²) < 4.78 is 11.1. The van der Waals surface area contributed by atoms with E-state index >= 15 is 0 Å². The summed E-state index contributed by atoms with van der Waals surface area (Å²) in [4.78, 5) is 18.3. The molecule has 0 N–H and O–H groups in total. The van der Waals surface area contributed by atoms with Gasteiger partial charge in [-0.1, -0.05) is 30.3 Å². The number of ether oxygens (including phenoxy) is 2. The molecule has 6 heteroatoms. The molecule has 0 aliphatic carbocycles. The van der Waals surface area contributed by atoms with Crippen molar-refractivity contribution < 1.29 is 14.3 Å². The molecule has 1 aliphatic heterocycles. The van der Waals surface area contributed by atoms with Crippen molar-refractivity contribution in [3.63, 3.8) is 0 Å². The molecule has 2 aromatic rings. The van der Waals surface area contributed by atoms with Crippen LogP contribution in [0.5, 0.6) is 0 Å². The topological polar surface area (TPSA) is 51.7 Å². The molecule has 2 heterocycles. The Labute approximate surface area is 139 Å². The summed E-state index contributed by atoms with van der Waals surface area (Å²) in [6.07, 6.45) is 1.12. The number of hydrogen-bond donors (Lipinski definition) is 0. The average Bonchev–Trinajstić information content (AvgIpc) is 3.23. The van der Waals surface area contributed by atoms with Crippen LogP contribution < -0.4 is 4.90 Å². The minimum atomic E-state index is -0.350. The van der Waals surface area contributed by atoms with E-state index in [0.717, 1.165) is 24.5 Å².